The standard InChI is InChI=1S/C13H16F4N2O2/c1-7(13(15,16)17)9-5-10(8(14)6-18-9)19-11(20)21-12(2,3)4/h5-7H,1-4H3,(H,18,19,20). The molecule has 1 N–H and O–H groups in total. The smallest absolute Gasteiger partial charge is 0.412 e. The fourth-order valence-corrected chi connectivity index (χ4v) is 1.37. The van der Waals surface area contributed by atoms with Crippen molar-refractivity contribution in [3.8, 4) is 0 Å². The van der Waals surface area contributed by atoms with Gasteiger partial charge in [0.1, 0.15) is 5.60 Å². The Kier molecular flexibility index (Phi) is 4.80. The van der Waals surface area contributed by atoms with Crippen molar-refractivity contribution in [1.82, 2.24) is 4.98 Å². The maximum Gasteiger partial charge on any atom is 0.412 e. The van der Waals surface area contributed by atoms with Gasteiger partial charge >= 0.3 is 12.3 Å². The first-order valence-electron chi connectivity index (χ1n) is 6.12. The van der Waals surface area contributed by atoms with E-state index in [1.54, 1.807) is 20.8 Å². The molecule has 1 unspecified atom stereocenters. The molecule has 0 saturated carbocycles. The summed E-state index contributed by atoms with van der Waals surface area (Å²) in [5.74, 6) is -2.82. The van der Waals surface area contributed by atoms with Crippen LogP contribution in [-0.2, 0) is 4.74 Å². The maximum absolute atomic E-state index is 13.5. The molecule has 4 nitrogen and oxygen atoms in total. The highest BCUT2D eigenvalue weighted by Gasteiger charge is 2.38. The molecule has 0 saturated heterocycles. The molecule has 8 heteroatoms. The summed E-state index contributed by atoms with van der Waals surface area (Å²) in [4.78, 5) is 14.9. The van der Waals surface area contributed by atoms with Crippen molar-refractivity contribution in [2.24, 2.45) is 0 Å². The molecular weight excluding hydrogens is 292 g/mol. The van der Waals surface area contributed by atoms with Crippen LogP contribution in [0.1, 0.15) is 39.3 Å². The second-order valence-corrected chi connectivity index (χ2v) is 5.48. The lowest BCUT2D eigenvalue weighted by Gasteiger charge is -2.20. The number of aromatic nitrogens is 1. The molecule has 1 atom stereocenters. The summed E-state index contributed by atoms with van der Waals surface area (Å²) in [5.41, 5.74) is -1.62. The third-order valence-electron chi connectivity index (χ3n) is 2.45. The molecule has 0 spiro atoms. The number of carbonyl (C=O) groups excluding carboxylic acids is 1. The predicted molar refractivity (Wildman–Crippen MR) is 68.5 cm³/mol. The van der Waals surface area contributed by atoms with E-state index >= 15 is 0 Å². The first kappa shape index (κ1) is 17.2. The largest absolute Gasteiger partial charge is 0.444 e. The topological polar surface area (TPSA) is 51.2 Å². The molecule has 1 aromatic rings. The molecule has 118 valence electrons. The number of ether oxygens (including phenoxy) is 1. The van der Waals surface area contributed by atoms with Crippen molar-refractivity contribution in [3.63, 3.8) is 0 Å². The highest BCUT2D eigenvalue weighted by atomic mass is 19.4. The number of alkyl halides is 3. The van der Waals surface area contributed by atoms with Crippen LogP contribution in [0.4, 0.5) is 28.0 Å². The number of pyridine rings is 1. The highest BCUT2D eigenvalue weighted by Crippen LogP contribution is 2.34. The van der Waals surface area contributed by atoms with E-state index in [1.165, 1.54) is 0 Å². The number of halogens is 4. The number of rotatable bonds is 2. The van der Waals surface area contributed by atoms with Gasteiger partial charge in [0.25, 0.3) is 0 Å². The Hall–Kier alpha value is -1.86. The van der Waals surface area contributed by atoms with E-state index in [1.807, 2.05) is 0 Å². The minimum Gasteiger partial charge on any atom is -0.444 e. The molecule has 0 aliphatic heterocycles. The van der Waals surface area contributed by atoms with Crippen molar-refractivity contribution < 1.29 is 27.1 Å². The number of nitrogens with one attached hydrogen (secondary N) is 1. The number of amides is 1. The Bertz CT molecular complexity index is 524. The van der Waals surface area contributed by atoms with E-state index in [-0.39, 0.29) is 0 Å². The number of anilines is 1. The van der Waals surface area contributed by atoms with Crippen molar-refractivity contribution in [2.45, 2.75) is 45.4 Å². The van der Waals surface area contributed by atoms with E-state index in [0.29, 0.717) is 6.20 Å². The van der Waals surface area contributed by atoms with Crippen molar-refractivity contribution >= 4 is 11.8 Å². The third-order valence-corrected chi connectivity index (χ3v) is 2.45. The average molecular weight is 308 g/mol. The molecule has 0 radical (unpaired) electrons. The summed E-state index contributed by atoms with van der Waals surface area (Å²) in [6, 6.07) is 0.845. The molecule has 0 aliphatic rings. The summed E-state index contributed by atoms with van der Waals surface area (Å²) in [5, 5.41) is 2.07. The van der Waals surface area contributed by atoms with E-state index in [4.69, 9.17) is 4.74 Å². The van der Waals surface area contributed by atoms with E-state index in [9.17, 15) is 22.4 Å². The predicted octanol–water partition coefficient (Wildman–Crippen LogP) is 4.23. The summed E-state index contributed by atoms with van der Waals surface area (Å²) < 4.78 is 56.2. The molecule has 0 fully saturated rings. The molecule has 1 rings (SSSR count). The van der Waals surface area contributed by atoms with Gasteiger partial charge in [0.15, 0.2) is 5.82 Å². The van der Waals surface area contributed by atoms with Crippen molar-refractivity contribution in [3.05, 3.63) is 23.8 Å². The van der Waals surface area contributed by atoms with E-state index in [0.717, 1.165) is 13.0 Å². The molecule has 0 aliphatic carbocycles. The van der Waals surface area contributed by atoms with Crippen LogP contribution in [0.15, 0.2) is 12.3 Å². The van der Waals surface area contributed by atoms with Gasteiger partial charge in [0, 0.05) is 0 Å². The zero-order valence-corrected chi connectivity index (χ0v) is 12.0. The normalized spacial score (nSPS) is 13.7. The summed E-state index contributed by atoms with van der Waals surface area (Å²) in [6.45, 7) is 5.71. The zero-order chi connectivity index (χ0) is 16.4. The Morgan fingerprint density at radius 1 is 1.33 bits per heavy atom. The zero-order valence-electron chi connectivity index (χ0n) is 12.0. The summed E-state index contributed by atoms with van der Waals surface area (Å²) >= 11 is 0. The van der Waals surface area contributed by atoms with Gasteiger partial charge in [-0.15, -0.1) is 0 Å². The van der Waals surface area contributed by atoms with Crippen LogP contribution in [-0.4, -0.2) is 22.9 Å². The monoisotopic (exact) mass is 308 g/mol. The second-order valence-electron chi connectivity index (χ2n) is 5.48. The number of nitrogens with zero attached hydrogens (tertiary/aromatic N) is 1. The second kappa shape index (κ2) is 5.87. The highest BCUT2D eigenvalue weighted by molar-refractivity contribution is 5.85. The van der Waals surface area contributed by atoms with Crippen LogP contribution >= 0.6 is 0 Å². The average Bonchev–Trinajstić information content (AvgIpc) is 2.27. The number of hydrogen-bond donors (Lipinski definition) is 1. The summed E-state index contributed by atoms with van der Waals surface area (Å²) in [7, 11) is 0. The van der Waals surface area contributed by atoms with Crippen LogP contribution in [0.3, 0.4) is 0 Å². The molecule has 1 aromatic heterocycles. The minimum atomic E-state index is -4.51. The Labute approximate surface area is 119 Å². The number of hydrogen-bond acceptors (Lipinski definition) is 3. The molecular formula is C13H16F4N2O2. The molecule has 1 amide bonds. The van der Waals surface area contributed by atoms with Crippen LogP contribution in [0.5, 0.6) is 0 Å². The quantitative estimate of drug-likeness (QED) is 0.832. The van der Waals surface area contributed by atoms with Crippen LogP contribution in [0.25, 0.3) is 0 Å². The first-order chi connectivity index (χ1) is 9.40. The van der Waals surface area contributed by atoms with Gasteiger partial charge in [0.05, 0.1) is 23.5 Å². The van der Waals surface area contributed by atoms with E-state index < -0.39 is 41.0 Å². The van der Waals surface area contributed by atoms with Crippen molar-refractivity contribution in [1.29, 1.82) is 0 Å². The van der Waals surface area contributed by atoms with E-state index in [2.05, 4.69) is 10.3 Å². The molecule has 0 bridgehead atoms. The Balaban J connectivity index is 2.96. The Morgan fingerprint density at radius 3 is 2.38 bits per heavy atom. The fraction of sp³-hybridized carbons (Fsp3) is 0.538. The maximum atomic E-state index is 13.5. The van der Waals surface area contributed by atoms with Gasteiger partial charge in [-0.3, -0.25) is 10.3 Å². The lowest BCUT2D eigenvalue weighted by molar-refractivity contribution is -0.147. The van der Waals surface area contributed by atoms with Gasteiger partial charge in [0.2, 0.25) is 0 Å². The fourth-order valence-electron chi connectivity index (χ4n) is 1.37. The molecule has 1 heterocycles. The SMILES string of the molecule is CC(c1cc(NC(=O)OC(C)(C)C)c(F)cn1)C(F)(F)F. The van der Waals surface area contributed by atoms with Gasteiger partial charge in [-0.1, -0.05) is 0 Å². The first-order valence-corrected chi connectivity index (χ1v) is 6.12. The minimum absolute atomic E-state index is 0.394. The van der Waals surface area contributed by atoms with Gasteiger partial charge in [-0.2, -0.15) is 13.2 Å². The molecule has 0 aromatic carbocycles. The lowest BCUT2D eigenvalue weighted by Crippen LogP contribution is -2.27. The third kappa shape index (κ3) is 5.20. The van der Waals surface area contributed by atoms with Gasteiger partial charge in [-0.25, -0.2) is 9.18 Å². The van der Waals surface area contributed by atoms with Gasteiger partial charge < -0.3 is 4.74 Å². The lowest BCUT2D eigenvalue weighted by atomic mass is 10.1. The van der Waals surface area contributed by atoms with Crippen molar-refractivity contribution in [2.75, 3.05) is 5.32 Å². The molecule has 21 heavy (non-hydrogen) atoms. The number of carbonyl (C=O) groups is 1. The van der Waals surface area contributed by atoms with Gasteiger partial charge in [-0.05, 0) is 33.8 Å². The van der Waals surface area contributed by atoms with Crippen LogP contribution in [0.2, 0.25) is 0 Å². The summed E-state index contributed by atoms with van der Waals surface area (Å²) in [6.07, 6.45) is -4.84. The van der Waals surface area contributed by atoms with Crippen LogP contribution in [0, 0.1) is 5.82 Å². The van der Waals surface area contributed by atoms with Crippen LogP contribution < -0.4 is 5.32 Å². The Morgan fingerprint density at radius 2 is 1.90 bits per heavy atom.